The molecule has 2 amide bonds. The number of hydrogen-bond acceptors (Lipinski definition) is 5. The summed E-state index contributed by atoms with van der Waals surface area (Å²) >= 11 is 0. The largest absolute Gasteiger partial charge is 0.326 e. The Morgan fingerprint density at radius 1 is 0.973 bits per heavy atom. The van der Waals surface area contributed by atoms with E-state index in [1.54, 1.807) is 34.0 Å². The van der Waals surface area contributed by atoms with Gasteiger partial charge in [0.2, 0.25) is 11.8 Å². The first kappa shape index (κ1) is 23.9. The van der Waals surface area contributed by atoms with Gasteiger partial charge in [0.05, 0.1) is 22.7 Å². The summed E-state index contributed by atoms with van der Waals surface area (Å²) in [6, 6.07) is 22.9. The minimum atomic E-state index is -0.452. The van der Waals surface area contributed by atoms with Crippen LogP contribution in [-0.2, 0) is 16.0 Å². The Kier molecular flexibility index (Phi) is 6.76. The molecule has 2 heterocycles. The van der Waals surface area contributed by atoms with E-state index in [1.807, 2.05) is 48.5 Å². The summed E-state index contributed by atoms with van der Waals surface area (Å²) in [6.45, 7) is 0.674. The molecule has 1 aromatic heterocycles. The van der Waals surface area contributed by atoms with E-state index in [0.717, 1.165) is 24.2 Å². The fourth-order valence-electron chi connectivity index (χ4n) is 4.44. The van der Waals surface area contributed by atoms with Crippen molar-refractivity contribution in [3.05, 3.63) is 101 Å². The number of nitro groups is 1. The molecule has 1 aliphatic rings. The van der Waals surface area contributed by atoms with Gasteiger partial charge >= 0.3 is 0 Å². The summed E-state index contributed by atoms with van der Waals surface area (Å²) in [5, 5.41) is 18.7. The fraction of sp³-hybridized carbons (Fsp3) is 0.179. The number of nitro benzene ring substituents is 1. The number of nitrogens with zero attached hydrogens (tertiary/aromatic N) is 4. The molecule has 4 aromatic rings. The summed E-state index contributed by atoms with van der Waals surface area (Å²) in [5.41, 5.74) is 4.11. The molecular formula is C28H25N5O4. The standard InChI is InChI=1S/C28H25N5O4/c34-26(29-22-7-6-10-25(18-22)31-16-5-4-11-27(31)35)17-21-19-32(23-8-2-1-3-9-23)30-28(21)20-12-14-24(15-13-20)33(36)37/h1-3,6-10,12-15,18-19H,4-5,11,16-17H2,(H,29,34). The first-order valence-corrected chi connectivity index (χ1v) is 12.1. The molecule has 0 spiro atoms. The van der Waals surface area contributed by atoms with E-state index in [-0.39, 0.29) is 23.9 Å². The summed E-state index contributed by atoms with van der Waals surface area (Å²) in [6.07, 6.45) is 4.24. The maximum absolute atomic E-state index is 13.1. The smallest absolute Gasteiger partial charge is 0.269 e. The topological polar surface area (TPSA) is 110 Å². The van der Waals surface area contributed by atoms with E-state index >= 15 is 0 Å². The normalized spacial score (nSPS) is 13.4. The van der Waals surface area contributed by atoms with Gasteiger partial charge in [0, 0.05) is 53.8 Å². The Morgan fingerprint density at radius 2 is 1.73 bits per heavy atom. The van der Waals surface area contributed by atoms with Gasteiger partial charge in [-0.25, -0.2) is 4.68 Å². The molecule has 9 heteroatoms. The summed E-state index contributed by atoms with van der Waals surface area (Å²) < 4.78 is 1.70. The molecule has 0 unspecified atom stereocenters. The van der Waals surface area contributed by atoms with Gasteiger partial charge in [0.15, 0.2) is 0 Å². The lowest BCUT2D eigenvalue weighted by atomic mass is 10.1. The number of hydrogen-bond donors (Lipinski definition) is 1. The highest BCUT2D eigenvalue weighted by Crippen LogP contribution is 2.27. The average Bonchev–Trinajstić information content (AvgIpc) is 3.33. The van der Waals surface area contributed by atoms with Gasteiger partial charge in [-0.05, 0) is 55.3 Å². The van der Waals surface area contributed by atoms with E-state index < -0.39 is 4.92 Å². The number of benzene rings is 3. The highest BCUT2D eigenvalue weighted by molar-refractivity contribution is 5.96. The molecule has 0 radical (unpaired) electrons. The van der Waals surface area contributed by atoms with Crippen LogP contribution in [-0.4, -0.2) is 33.1 Å². The number of amides is 2. The lowest BCUT2D eigenvalue weighted by Gasteiger charge is -2.27. The monoisotopic (exact) mass is 495 g/mol. The van der Waals surface area contributed by atoms with E-state index in [4.69, 9.17) is 5.10 Å². The molecule has 186 valence electrons. The zero-order valence-corrected chi connectivity index (χ0v) is 20.0. The SMILES string of the molecule is O=C(Cc1cn(-c2ccccc2)nc1-c1ccc([N+](=O)[O-])cc1)Nc1cccc(N2CCCCC2=O)c1. The number of aromatic nitrogens is 2. The summed E-state index contributed by atoms with van der Waals surface area (Å²) in [7, 11) is 0. The second kappa shape index (κ2) is 10.4. The number of carbonyl (C=O) groups is 2. The van der Waals surface area contributed by atoms with Crippen molar-refractivity contribution in [3.63, 3.8) is 0 Å². The van der Waals surface area contributed by atoms with Crippen molar-refractivity contribution in [2.75, 3.05) is 16.8 Å². The quantitative estimate of drug-likeness (QED) is 0.282. The van der Waals surface area contributed by atoms with Crippen LogP contribution < -0.4 is 10.2 Å². The van der Waals surface area contributed by atoms with Crippen molar-refractivity contribution >= 4 is 28.9 Å². The van der Waals surface area contributed by atoms with E-state index in [1.165, 1.54) is 12.1 Å². The highest BCUT2D eigenvalue weighted by atomic mass is 16.6. The van der Waals surface area contributed by atoms with Gasteiger partial charge in [-0.15, -0.1) is 0 Å². The zero-order valence-electron chi connectivity index (χ0n) is 20.0. The summed E-state index contributed by atoms with van der Waals surface area (Å²) in [4.78, 5) is 37.8. The Morgan fingerprint density at radius 3 is 2.46 bits per heavy atom. The lowest BCUT2D eigenvalue weighted by molar-refractivity contribution is -0.384. The highest BCUT2D eigenvalue weighted by Gasteiger charge is 2.20. The Bertz CT molecular complexity index is 1450. The molecule has 0 bridgehead atoms. The molecule has 37 heavy (non-hydrogen) atoms. The van der Waals surface area contributed by atoms with Crippen LogP contribution in [0.5, 0.6) is 0 Å². The van der Waals surface area contributed by atoms with E-state index in [2.05, 4.69) is 5.32 Å². The van der Waals surface area contributed by atoms with Gasteiger partial charge in [-0.1, -0.05) is 24.3 Å². The van der Waals surface area contributed by atoms with E-state index in [9.17, 15) is 19.7 Å². The predicted octanol–water partition coefficient (Wildman–Crippen LogP) is 5.15. The van der Waals surface area contributed by atoms with Crippen LogP contribution in [0.4, 0.5) is 17.1 Å². The number of carbonyl (C=O) groups excluding carboxylic acids is 2. The molecule has 3 aromatic carbocycles. The molecule has 0 saturated carbocycles. The van der Waals surface area contributed by atoms with Crippen LogP contribution >= 0.6 is 0 Å². The van der Waals surface area contributed by atoms with Crippen molar-refractivity contribution < 1.29 is 14.5 Å². The number of nitrogens with one attached hydrogen (secondary N) is 1. The molecule has 1 fully saturated rings. The fourth-order valence-corrected chi connectivity index (χ4v) is 4.44. The number of piperidine rings is 1. The Balaban J connectivity index is 1.40. The minimum absolute atomic E-state index is 0.0161. The maximum Gasteiger partial charge on any atom is 0.269 e. The van der Waals surface area contributed by atoms with Crippen LogP contribution in [0.25, 0.3) is 16.9 Å². The van der Waals surface area contributed by atoms with Crippen molar-refractivity contribution in [2.24, 2.45) is 0 Å². The third-order valence-corrected chi connectivity index (χ3v) is 6.28. The van der Waals surface area contributed by atoms with E-state index in [0.29, 0.717) is 35.5 Å². The third-order valence-electron chi connectivity index (χ3n) is 6.28. The van der Waals surface area contributed by atoms with Gasteiger partial charge in [-0.2, -0.15) is 5.10 Å². The van der Waals surface area contributed by atoms with Gasteiger partial charge in [0.25, 0.3) is 5.69 Å². The third kappa shape index (κ3) is 5.40. The maximum atomic E-state index is 13.1. The number of anilines is 2. The van der Waals surface area contributed by atoms with Crippen LogP contribution in [0.1, 0.15) is 24.8 Å². The lowest BCUT2D eigenvalue weighted by Crippen LogP contribution is -2.35. The number of non-ortho nitro benzene ring substituents is 1. The average molecular weight is 496 g/mol. The van der Waals surface area contributed by atoms with Crippen molar-refractivity contribution in [1.29, 1.82) is 0 Å². The van der Waals surface area contributed by atoms with Gasteiger partial charge in [-0.3, -0.25) is 19.7 Å². The molecule has 0 aliphatic carbocycles. The summed E-state index contributed by atoms with van der Waals surface area (Å²) in [5.74, 6) is -0.145. The molecule has 5 rings (SSSR count). The molecule has 1 aliphatic heterocycles. The van der Waals surface area contributed by atoms with Gasteiger partial charge in [0.1, 0.15) is 0 Å². The first-order chi connectivity index (χ1) is 18.0. The van der Waals surface area contributed by atoms with Crippen LogP contribution in [0.15, 0.2) is 85.1 Å². The molecule has 9 nitrogen and oxygen atoms in total. The molecule has 1 saturated heterocycles. The van der Waals surface area contributed by atoms with Crippen molar-refractivity contribution in [3.8, 4) is 16.9 Å². The first-order valence-electron chi connectivity index (χ1n) is 12.1. The number of rotatable bonds is 7. The van der Waals surface area contributed by atoms with Crippen LogP contribution in [0.3, 0.4) is 0 Å². The second-order valence-electron chi connectivity index (χ2n) is 8.86. The second-order valence-corrected chi connectivity index (χ2v) is 8.86. The predicted molar refractivity (Wildman–Crippen MR) is 141 cm³/mol. The molecule has 0 atom stereocenters. The van der Waals surface area contributed by atoms with Crippen molar-refractivity contribution in [1.82, 2.24) is 9.78 Å². The Labute approximate surface area is 213 Å². The molecule has 1 N–H and O–H groups in total. The van der Waals surface area contributed by atoms with Crippen molar-refractivity contribution in [2.45, 2.75) is 25.7 Å². The van der Waals surface area contributed by atoms with Gasteiger partial charge < -0.3 is 10.2 Å². The van der Waals surface area contributed by atoms with Crippen LogP contribution in [0.2, 0.25) is 0 Å². The van der Waals surface area contributed by atoms with Crippen LogP contribution in [0, 0.1) is 10.1 Å². The zero-order chi connectivity index (χ0) is 25.8. The Hall–Kier alpha value is -4.79. The minimum Gasteiger partial charge on any atom is -0.326 e. The molecular weight excluding hydrogens is 470 g/mol. The number of para-hydroxylation sites is 1.